The molecule has 0 aromatic heterocycles. The van der Waals surface area contributed by atoms with Crippen molar-refractivity contribution in [1.82, 2.24) is 5.32 Å². The zero-order valence-electron chi connectivity index (χ0n) is 10.3. The van der Waals surface area contributed by atoms with E-state index in [1.165, 1.54) is 0 Å². The summed E-state index contributed by atoms with van der Waals surface area (Å²) >= 11 is 0. The highest BCUT2D eigenvalue weighted by Crippen LogP contribution is 2.10. The Bertz CT molecular complexity index is 440. The van der Waals surface area contributed by atoms with Crippen molar-refractivity contribution in [2.45, 2.75) is 20.8 Å². The maximum Gasteiger partial charge on any atom is 0.308 e. The zero-order chi connectivity index (χ0) is 13.0. The lowest BCUT2D eigenvalue weighted by atomic mass is 10.0. The van der Waals surface area contributed by atoms with Gasteiger partial charge in [-0.05, 0) is 25.5 Å². The molecule has 92 valence electrons. The smallest absolute Gasteiger partial charge is 0.308 e. The molecule has 2 N–H and O–H groups in total. The second-order valence-electron chi connectivity index (χ2n) is 4.27. The summed E-state index contributed by atoms with van der Waals surface area (Å²) in [5.41, 5.74) is 2.49. The molecule has 0 aliphatic rings. The molecule has 1 aromatic carbocycles. The molecule has 1 rings (SSSR count). The molecule has 0 radical (unpaired) electrons. The van der Waals surface area contributed by atoms with Crippen molar-refractivity contribution in [2.24, 2.45) is 5.92 Å². The summed E-state index contributed by atoms with van der Waals surface area (Å²) in [7, 11) is 0. The van der Waals surface area contributed by atoms with Crippen LogP contribution >= 0.6 is 0 Å². The Labute approximate surface area is 101 Å². The van der Waals surface area contributed by atoms with Crippen LogP contribution in [-0.4, -0.2) is 23.5 Å². The van der Waals surface area contributed by atoms with Gasteiger partial charge in [-0.1, -0.05) is 24.6 Å². The zero-order valence-corrected chi connectivity index (χ0v) is 10.3. The number of carbonyl (C=O) groups excluding carboxylic acids is 1. The molecule has 0 aliphatic carbocycles. The molecule has 0 spiro atoms. The molecular formula is C13H17NO3. The molecule has 17 heavy (non-hydrogen) atoms. The SMILES string of the molecule is Cc1ccc(C)c(C(=O)NCC(C)C(=O)O)c1. The average molecular weight is 235 g/mol. The van der Waals surface area contributed by atoms with Crippen molar-refractivity contribution in [1.29, 1.82) is 0 Å². The van der Waals surface area contributed by atoms with E-state index in [1.807, 2.05) is 26.0 Å². The highest BCUT2D eigenvalue weighted by Gasteiger charge is 2.14. The van der Waals surface area contributed by atoms with Crippen LogP contribution in [0.3, 0.4) is 0 Å². The molecule has 1 unspecified atom stereocenters. The van der Waals surface area contributed by atoms with E-state index in [0.29, 0.717) is 5.56 Å². The number of carboxylic acid groups (broad SMARTS) is 1. The van der Waals surface area contributed by atoms with Crippen molar-refractivity contribution in [3.63, 3.8) is 0 Å². The van der Waals surface area contributed by atoms with Gasteiger partial charge in [-0.3, -0.25) is 9.59 Å². The number of amides is 1. The standard InChI is InChI=1S/C13H17NO3/c1-8-4-5-9(2)11(6-8)12(15)14-7-10(3)13(16)17/h4-6,10H,7H2,1-3H3,(H,14,15)(H,16,17). The van der Waals surface area contributed by atoms with Crippen LogP contribution in [-0.2, 0) is 4.79 Å². The third-order valence-electron chi connectivity index (χ3n) is 2.63. The van der Waals surface area contributed by atoms with E-state index >= 15 is 0 Å². The number of carbonyl (C=O) groups is 2. The molecule has 0 aliphatic heterocycles. The lowest BCUT2D eigenvalue weighted by molar-refractivity contribution is -0.140. The van der Waals surface area contributed by atoms with Crippen LogP contribution < -0.4 is 5.32 Å². The summed E-state index contributed by atoms with van der Waals surface area (Å²) in [5, 5.41) is 11.3. The Balaban J connectivity index is 2.70. The highest BCUT2D eigenvalue weighted by molar-refractivity contribution is 5.96. The van der Waals surface area contributed by atoms with Crippen LogP contribution in [0.5, 0.6) is 0 Å². The fourth-order valence-electron chi connectivity index (χ4n) is 1.41. The molecule has 4 heteroatoms. The number of carboxylic acids is 1. The molecule has 0 saturated heterocycles. The van der Waals surface area contributed by atoms with Gasteiger partial charge in [0, 0.05) is 12.1 Å². The van der Waals surface area contributed by atoms with E-state index in [1.54, 1.807) is 13.0 Å². The minimum atomic E-state index is -0.911. The first kappa shape index (κ1) is 13.2. The molecular weight excluding hydrogens is 218 g/mol. The van der Waals surface area contributed by atoms with E-state index < -0.39 is 11.9 Å². The maximum atomic E-state index is 11.8. The first-order chi connectivity index (χ1) is 7.91. The lowest BCUT2D eigenvalue weighted by Crippen LogP contribution is -2.31. The molecule has 0 bridgehead atoms. The summed E-state index contributed by atoms with van der Waals surface area (Å²) in [4.78, 5) is 22.5. The van der Waals surface area contributed by atoms with Gasteiger partial charge in [0.15, 0.2) is 0 Å². The monoisotopic (exact) mass is 235 g/mol. The van der Waals surface area contributed by atoms with Gasteiger partial charge in [-0.15, -0.1) is 0 Å². The predicted octanol–water partition coefficient (Wildman–Crippen LogP) is 1.75. The first-order valence-corrected chi connectivity index (χ1v) is 5.50. The fourth-order valence-corrected chi connectivity index (χ4v) is 1.41. The first-order valence-electron chi connectivity index (χ1n) is 5.50. The maximum absolute atomic E-state index is 11.8. The average Bonchev–Trinajstić information content (AvgIpc) is 2.28. The Hall–Kier alpha value is -1.84. The Morgan fingerprint density at radius 2 is 2.00 bits per heavy atom. The van der Waals surface area contributed by atoms with E-state index in [2.05, 4.69) is 5.32 Å². The highest BCUT2D eigenvalue weighted by atomic mass is 16.4. The molecule has 0 saturated carbocycles. The van der Waals surface area contributed by atoms with Gasteiger partial charge >= 0.3 is 5.97 Å². The Morgan fingerprint density at radius 1 is 1.35 bits per heavy atom. The van der Waals surface area contributed by atoms with Crippen molar-refractivity contribution < 1.29 is 14.7 Å². The summed E-state index contributed by atoms with van der Waals surface area (Å²) in [5.74, 6) is -1.71. The number of aliphatic carboxylic acids is 1. The number of hydrogen-bond donors (Lipinski definition) is 2. The molecule has 1 amide bonds. The largest absolute Gasteiger partial charge is 0.481 e. The second kappa shape index (κ2) is 5.48. The number of nitrogens with one attached hydrogen (secondary N) is 1. The van der Waals surface area contributed by atoms with Gasteiger partial charge in [0.05, 0.1) is 5.92 Å². The van der Waals surface area contributed by atoms with Gasteiger partial charge < -0.3 is 10.4 Å². The number of rotatable bonds is 4. The van der Waals surface area contributed by atoms with E-state index in [-0.39, 0.29) is 12.5 Å². The van der Waals surface area contributed by atoms with Gasteiger partial charge in [-0.2, -0.15) is 0 Å². The molecule has 1 aromatic rings. The molecule has 4 nitrogen and oxygen atoms in total. The minimum Gasteiger partial charge on any atom is -0.481 e. The normalized spacial score (nSPS) is 11.9. The summed E-state index contributed by atoms with van der Waals surface area (Å²) in [6.45, 7) is 5.47. The van der Waals surface area contributed by atoms with Crippen molar-refractivity contribution in [3.05, 3.63) is 34.9 Å². The predicted molar refractivity (Wildman–Crippen MR) is 65.0 cm³/mol. The number of aryl methyl sites for hydroxylation is 2. The van der Waals surface area contributed by atoms with Gasteiger partial charge in [0.1, 0.15) is 0 Å². The Kier molecular flexibility index (Phi) is 4.26. The number of benzene rings is 1. The van der Waals surface area contributed by atoms with Crippen LogP contribution in [0.1, 0.15) is 28.4 Å². The van der Waals surface area contributed by atoms with Crippen LogP contribution in [0.15, 0.2) is 18.2 Å². The third kappa shape index (κ3) is 3.59. The topological polar surface area (TPSA) is 66.4 Å². The van der Waals surface area contributed by atoms with Gasteiger partial charge in [0.25, 0.3) is 5.91 Å². The molecule has 1 atom stereocenters. The fraction of sp³-hybridized carbons (Fsp3) is 0.385. The molecule has 0 fully saturated rings. The lowest BCUT2D eigenvalue weighted by Gasteiger charge is -2.10. The van der Waals surface area contributed by atoms with Crippen molar-refractivity contribution in [2.75, 3.05) is 6.54 Å². The van der Waals surface area contributed by atoms with E-state index in [9.17, 15) is 9.59 Å². The van der Waals surface area contributed by atoms with Crippen molar-refractivity contribution >= 4 is 11.9 Å². The minimum absolute atomic E-state index is 0.140. The van der Waals surface area contributed by atoms with Crippen LogP contribution in [0.2, 0.25) is 0 Å². The summed E-state index contributed by atoms with van der Waals surface area (Å²) < 4.78 is 0. The van der Waals surface area contributed by atoms with Gasteiger partial charge in [0.2, 0.25) is 0 Å². The summed E-state index contributed by atoms with van der Waals surface area (Å²) in [6.07, 6.45) is 0. The van der Waals surface area contributed by atoms with Gasteiger partial charge in [-0.25, -0.2) is 0 Å². The molecule has 0 heterocycles. The van der Waals surface area contributed by atoms with E-state index in [4.69, 9.17) is 5.11 Å². The quantitative estimate of drug-likeness (QED) is 0.835. The van der Waals surface area contributed by atoms with Crippen LogP contribution in [0.25, 0.3) is 0 Å². The second-order valence-corrected chi connectivity index (χ2v) is 4.27. The van der Waals surface area contributed by atoms with Crippen LogP contribution in [0, 0.1) is 19.8 Å². The summed E-state index contributed by atoms with van der Waals surface area (Å²) in [6, 6.07) is 5.62. The Morgan fingerprint density at radius 3 is 2.59 bits per heavy atom. The van der Waals surface area contributed by atoms with Crippen LogP contribution in [0.4, 0.5) is 0 Å². The number of hydrogen-bond acceptors (Lipinski definition) is 2. The van der Waals surface area contributed by atoms with Crippen molar-refractivity contribution in [3.8, 4) is 0 Å². The third-order valence-corrected chi connectivity index (χ3v) is 2.63. The van der Waals surface area contributed by atoms with E-state index in [0.717, 1.165) is 11.1 Å².